The maximum atomic E-state index is 12.0. The highest BCUT2D eigenvalue weighted by Gasteiger charge is 2.24. The Labute approximate surface area is 163 Å². The average Bonchev–Trinajstić information content (AvgIpc) is 2.61. The molecule has 0 aromatic rings. The predicted octanol–water partition coefficient (Wildman–Crippen LogP) is -1.07. The van der Waals surface area contributed by atoms with Crippen molar-refractivity contribution in [2.45, 2.75) is 45.7 Å². The van der Waals surface area contributed by atoms with Crippen LogP contribution < -0.4 is 16.0 Å². The summed E-state index contributed by atoms with van der Waals surface area (Å²) in [7, 11) is 0. The molecule has 0 aliphatic rings. The fourth-order valence-corrected chi connectivity index (χ4v) is 2.22. The maximum Gasteiger partial charge on any atom is 0.328 e. The quantitative estimate of drug-likeness (QED) is 0.239. The van der Waals surface area contributed by atoms with Crippen molar-refractivity contribution in [2.75, 3.05) is 25.5 Å². The van der Waals surface area contributed by atoms with Gasteiger partial charge in [-0.2, -0.15) is 12.6 Å². The van der Waals surface area contributed by atoms with Gasteiger partial charge in [0.1, 0.15) is 18.6 Å². The number of ether oxygens (including phenoxy) is 2. The molecule has 0 fully saturated rings. The topological polar surface area (TPSA) is 140 Å². The molecule has 2 unspecified atom stereocenters. The first-order valence-corrected chi connectivity index (χ1v) is 9.15. The number of thiol groups is 1. The number of nitrogens with one attached hydrogen (secondary N) is 3. The van der Waals surface area contributed by atoms with E-state index in [1.54, 1.807) is 13.8 Å². The number of hydrogen-bond acceptors (Lipinski definition) is 8. The number of carbonyl (C=O) groups is 5. The number of hydrogen-bond donors (Lipinski definition) is 4. The zero-order valence-electron chi connectivity index (χ0n) is 15.7. The van der Waals surface area contributed by atoms with Gasteiger partial charge in [-0.05, 0) is 20.3 Å². The van der Waals surface area contributed by atoms with Crippen LogP contribution in [0.25, 0.3) is 0 Å². The average molecular weight is 405 g/mol. The van der Waals surface area contributed by atoms with Gasteiger partial charge in [-0.25, -0.2) is 4.79 Å². The number of rotatable bonds is 12. The van der Waals surface area contributed by atoms with Gasteiger partial charge in [-0.1, -0.05) is 0 Å². The third-order valence-corrected chi connectivity index (χ3v) is 3.52. The molecule has 0 aromatic carbocycles. The summed E-state index contributed by atoms with van der Waals surface area (Å²) in [5, 5.41) is 7.21. The first-order valence-electron chi connectivity index (χ1n) is 8.52. The Morgan fingerprint density at radius 3 is 2.11 bits per heavy atom. The molecule has 0 aliphatic heterocycles. The van der Waals surface area contributed by atoms with E-state index < -0.39 is 41.7 Å². The van der Waals surface area contributed by atoms with Crippen molar-refractivity contribution < 1.29 is 33.4 Å². The van der Waals surface area contributed by atoms with E-state index >= 15 is 0 Å². The summed E-state index contributed by atoms with van der Waals surface area (Å²) < 4.78 is 9.53. The summed E-state index contributed by atoms with van der Waals surface area (Å²) in [5.74, 6) is -2.76. The number of amides is 3. The molecule has 0 saturated heterocycles. The van der Waals surface area contributed by atoms with Crippen LogP contribution >= 0.6 is 12.6 Å². The molecule has 0 heterocycles. The van der Waals surface area contributed by atoms with Gasteiger partial charge in [-0.15, -0.1) is 0 Å². The molecule has 3 N–H and O–H groups in total. The Hall–Kier alpha value is -2.30. The van der Waals surface area contributed by atoms with E-state index in [9.17, 15) is 24.0 Å². The summed E-state index contributed by atoms with van der Waals surface area (Å²) in [6.07, 6.45) is -0.118. The Bertz CT molecular complexity index is 542. The second kappa shape index (κ2) is 13.8. The van der Waals surface area contributed by atoms with Crippen LogP contribution in [0.1, 0.15) is 33.6 Å². The molecule has 10 nitrogen and oxygen atoms in total. The normalized spacial score (nSPS) is 12.3. The van der Waals surface area contributed by atoms with Crippen LogP contribution in [0.15, 0.2) is 0 Å². The molecular formula is C16H27N3O7S. The number of carbonyl (C=O) groups excluding carboxylic acids is 5. The van der Waals surface area contributed by atoms with Crippen LogP contribution in [0.3, 0.4) is 0 Å². The Kier molecular flexibility index (Phi) is 12.7. The second-order valence-electron chi connectivity index (χ2n) is 5.37. The van der Waals surface area contributed by atoms with Crippen LogP contribution in [0, 0.1) is 0 Å². The third-order valence-electron chi connectivity index (χ3n) is 3.16. The van der Waals surface area contributed by atoms with Gasteiger partial charge >= 0.3 is 11.9 Å². The predicted molar refractivity (Wildman–Crippen MR) is 98.9 cm³/mol. The van der Waals surface area contributed by atoms with Crippen LogP contribution in [-0.4, -0.2) is 67.3 Å². The minimum Gasteiger partial charge on any atom is -0.465 e. The van der Waals surface area contributed by atoms with Crippen LogP contribution in [-0.2, 0) is 33.4 Å². The lowest BCUT2D eigenvalue weighted by Gasteiger charge is -2.18. The van der Waals surface area contributed by atoms with Crippen molar-refractivity contribution in [1.82, 2.24) is 16.0 Å². The molecular weight excluding hydrogens is 378 g/mol. The highest BCUT2D eigenvalue weighted by molar-refractivity contribution is 7.80. The minimum atomic E-state index is -0.961. The van der Waals surface area contributed by atoms with Gasteiger partial charge in [0.2, 0.25) is 17.7 Å². The first-order chi connectivity index (χ1) is 12.7. The molecule has 3 amide bonds. The summed E-state index contributed by atoms with van der Waals surface area (Å²) >= 11 is 4.01. The fraction of sp³-hybridized carbons (Fsp3) is 0.688. The van der Waals surface area contributed by atoms with Crippen LogP contribution in [0.5, 0.6) is 0 Å². The molecule has 27 heavy (non-hydrogen) atoms. The molecule has 0 aliphatic carbocycles. The van der Waals surface area contributed by atoms with Crippen molar-refractivity contribution in [3.05, 3.63) is 0 Å². The molecule has 0 rings (SSSR count). The lowest BCUT2D eigenvalue weighted by Crippen LogP contribution is -2.49. The molecule has 0 radical (unpaired) electrons. The van der Waals surface area contributed by atoms with E-state index in [1.165, 1.54) is 6.92 Å². The largest absolute Gasteiger partial charge is 0.465 e. The standard InChI is InChI=1S/C16H27N3O7S/c1-4-25-14(22)8-17-15(23)12(9-27)19-13(21)7-6-11(18-10(3)20)16(24)26-5-2/h11-12,27H,4-9H2,1-3H3,(H,17,23)(H,18,20)(H,19,21). The second-order valence-corrected chi connectivity index (χ2v) is 5.73. The van der Waals surface area contributed by atoms with E-state index in [2.05, 4.69) is 33.3 Å². The van der Waals surface area contributed by atoms with Gasteiger partial charge in [0.25, 0.3) is 0 Å². The van der Waals surface area contributed by atoms with E-state index in [-0.39, 0.29) is 38.4 Å². The fourth-order valence-electron chi connectivity index (χ4n) is 1.97. The molecule has 11 heteroatoms. The van der Waals surface area contributed by atoms with Crippen molar-refractivity contribution in [2.24, 2.45) is 0 Å². The lowest BCUT2D eigenvalue weighted by atomic mass is 10.1. The van der Waals surface area contributed by atoms with Crippen molar-refractivity contribution in [1.29, 1.82) is 0 Å². The molecule has 0 bridgehead atoms. The summed E-state index contributed by atoms with van der Waals surface area (Å²) in [4.78, 5) is 58.2. The van der Waals surface area contributed by atoms with Gasteiger partial charge < -0.3 is 25.4 Å². The van der Waals surface area contributed by atoms with Crippen LogP contribution in [0.4, 0.5) is 0 Å². The monoisotopic (exact) mass is 405 g/mol. The third kappa shape index (κ3) is 11.1. The Morgan fingerprint density at radius 1 is 0.963 bits per heavy atom. The SMILES string of the molecule is CCOC(=O)CNC(=O)C(CS)NC(=O)CCC(NC(C)=O)C(=O)OCC. The number of esters is 2. The van der Waals surface area contributed by atoms with Crippen molar-refractivity contribution >= 4 is 42.3 Å². The molecule has 154 valence electrons. The minimum absolute atomic E-state index is 0.00734. The Morgan fingerprint density at radius 2 is 1.59 bits per heavy atom. The first kappa shape index (κ1) is 24.7. The Balaban J connectivity index is 4.55. The van der Waals surface area contributed by atoms with E-state index in [1.807, 2.05) is 0 Å². The molecule has 2 atom stereocenters. The van der Waals surface area contributed by atoms with E-state index in [0.717, 1.165) is 0 Å². The van der Waals surface area contributed by atoms with Gasteiger partial charge in [-0.3, -0.25) is 19.2 Å². The lowest BCUT2D eigenvalue weighted by molar-refractivity contribution is -0.147. The van der Waals surface area contributed by atoms with Crippen molar-refractivity contribution in [3.8, 4) is 0 Å². The molecule has 0 aromatic heterocycles. The van der Waals surface area contributed by atoms with E-state index in [0.29, 0.717) is 0 Å². The summed E-state index contributed by atoms with van der Waals surface area (Å²) in [5.41, 5.74) is 0. The molecule has 0 saturated carbocycles. The zero-order valence-corrected chi connectivity index (χ0v) is 16.6. The van der Waals surface area contributed by atoms with Crippen LogP contribution in [0.2, 0.25) is 0 Å². The highest BCUT2D eigenvalue weighted by atomic mass is 32.1. The zero-order chi connectivity index (χ0) is 20.8. The van der Waals surface area contributed by atoms with E-state index in [4.69, 9.17) is 4.74 Å². The van der Waals surface area contributed by atoms with Gasteiger partial charge in [0.15, 0.2) is 0 Å². The smallest absolute Gasteiger partial charge is 0.328 e. The maximum absolute atomic E-state index is 12.0. The molecule has 0 spiro atoms. The van der Waals surface area contributed by atoms with Crippen molar-refractivity contribution in [3.63, 3.8) is 0 Å². The van der Waals surface area contributed by atoms with Gasteiger partial charge in [0, 0.05) is 19.1 Å². The summed E-state index contributed by atoms with van der Waals surface area (Å²) in [6, 6.07) is -1.92. The van der Waals surface area contributed by atoms with Gasteiger partial charge in [0.05, 0.1) is 13.2 Å². The summed E-state index contributed by atoms with van der Waals surface area (Å²) in [6.45, 7) is 4.53. The highest BCUT2D eigenvalue weighted by Crippen LogP contribution is 2.02.